The van der Waals surface area contributed by atoms with Crippen molar-refractivity contribution < 1.29 is 14.1 Å². The Balaban J connectivity index is 1.46. The summed E-state index contributed by atoms with van der Waals surface area (Å²) in [7, 11) is 2.18. The van der Waals surface area contributed by atoms with Crippen LogP contribution in [0.25, 0.3) is 22.6 Å². The molecule has 2 aliphatic heterocycles. The SMILES string of the molecule is CSc1nc(-c2noc3c2COCC32CCCCC2=O)nc2c1cnn2[C@@H](C)[C@@H]1CCCN1C. The van der Waals surface area contributed by atoms with Gasteiger partial charge in [-0.15, -0.1) is 11.8 Å². The molecule has 3 aromatic heterocycles. The van der Waals surface area contributed by atoms with Crippen LogP contribution in [-0.2, 0) is 21.6 Å². The maximum absolute atomic E-state index is 13.0. The second-order valence-electron chi connectivity index (χ2n) is 9.86. The predicted octanol–water partition coefficient (Wildman–Crippen LogP) is 3.77. The van der Waals surface area contributed by atoms with Crippen LogP contribution in [0.15, 0.2) is 15.7 Å². The van der Waals surface area contributed by atoms with Crippen molar-refractivity contribution in [2.24, 2.45) is 0 Å². The number of carbonyl (C=O) groups is 1. The van der Waals surface area contributed by atoms with E-state index in [1.165, 1.54) is 6.42 Å². The molecule has 9 nitrogen and oxygen atoms in total. The maximum atomic E-state index is 13.0. The summed E-state index contributed by atoms with van der Waals surface area (Å²) < 4.78 is 13.9. The Kier molecular flexibility index (Phi) is 5.50. The highest BCUT2D eigenvalue weighted by atomic mass is 32.2. The number of thioether (sulfide) groups is 1. The number of hydrogen-bond donors (Lipinski definition) is 0. The van der Waals surface area contributed by atoms with Gasteiger partial charge in [0.2, 0.25) is 0 Å². The number of likely N-dealkylation sites (N-methyl/N-ethyl adjacent to an activating group) is 1. The van der Waals surface area contributed by atoms with E-state index in [1.807, 2.05) is 17.1 Å². The van der Waals surface area contributed by atoms with Gasteiger partial charge in [-0.2, -0.15) is 5.10 Å². The molecule has 0 N–H and O–H groups in total. The van der Waals surface area contributed by atoms with Gasteiger partial charge in [0.25, 0.3) is 0 Å². The number of Topliss-reactive ketones (excluding diaryl/α,β-unsaturated/α-hetero) is 1. The van der Waals surface area contributed by atoms with Gasteiger partial charge in [-0.25, -0.2) is 14.6 Å². The third-order valence-corrected chi connectivity index (χ3v) is 8.65. The molecule has 6 rings (SSSR count). The van der Waals surface area contributed by atoms with Gasteiger partial charge in [-0.1, -0.05) is 11.6 Å². The van der Waals surface area contributed by atoms with E-state index in [2.05, 4.69) is 24.0 Å². The first-order chi connectivity index (χ1) is 16.5. The second-order valence-corrected chi connectivity index (χ2v) is 10.7. The van der Waals surface area contributed by atoms with Gasteiger partial charge in [-0.05, 0) is 52.5 Å². The highest BCUT2D eigenvalue weighted by molar-refractivity contribution is 7.98. The van der Waals surface area contributed by atoms with Crippen LogP contribution in [0.5, 0.6) is 0 Å². The average molecular weight is 483 g/mol. The Morgan fingerprint density at radius 3 is 2.91 bits per heavy atom. The Bertz CT molecular complexity index is 1260. The number of ketones is 1. The quantitative estimate of drug-likeness (QED) is 0.406. The molecule has 180 valence electrons. The first-order valence-corrected chi connectivity index (χ1v) is 13.4. The fraction of sp³-hybridized carbons (Fsp3) is 0.625. The molecule has 10 heteroatoms. The van der Waals surface area contributed by atoms with E-state index in [9.17, 15) is 4.79 Å². The third-order valence-electron chi connectivity index (χ3n) is 7.95. The number of rotatable bonds is 4. The summed E-state index contributed by atoms with van der Waals surface area (Å²) in [6.45, 7) is 4.03. The van der Waals surface area contributed by atoms with Crippen molar-refractivity contribution in [3.05, 3.63) is 17.5 Å². The summed E-state index contributed by atoms with van der Waals surface area (Å²) in [5, 5.41) is 10.9. The van der Waals surface area contributed by atoms with Crippen LogP contribution >= 0.6 is 11.8 Å². The lowest BCUT2D eigenvalue weighted by Gasteiger charge is -2.36. The highest BCUT2D eigenvalue weighted by Crippen LogP contribution is 2.44. The molecule has 0 amide bonds. The first-order valence-electron chi connectivity index (χ1n) is 12.1. The van der Waals surface area contributed by atoms with Gasteiger partial charge < -0.3 is 14.2 Å². The monoisotopic (exact) mass is 482 g/mol. The Morgan fingerprint density at radius 1 is 1.26 bits per heavy atom. The van der Waals surface area contributed by atoms with E-state index < -0.39 is 5.41 Å². The van der Waals surface area contributed by atoms with E-state index in [0.29, 0.717) is 43.0 Å². The first kappa shape index (κ1) is 22.2. The van der Waals surface area contributed by atoms with Crippen LogP contribution < -0.4 is 0 Å². The average Bonchev–Trinajstić information content (AvgIpc) is 3.58. The summed E-state index contributed by atoms with van der Waals surface area (Å²) in [4.78, 5) is 25.2. The summed E-state index contributed by atoms with van der Waals surface area (Å²) in [6, 6.07) is 0.602. The molecule has 0 bridgehead atoms. The number of carbonyl (C=O) groups excluding carboxylic acids is 1. The van der Waals surface area contributed by atoms with Gasteiger partial charge >= 0.3 is 0 Å². The lowest BCUT2D eigenvalue weighted by molar-refractivity contribution is -0.132. The van der Waals surface area contributed by atoms with Crippen molar-refractivity contribution in [2.75, 3.05) is 26.5 Å². The normalized spacial score (nSPS) is 26.4. The van der Waals surface area contributed by atoms with Gasteiger partial charge in [-0.3, -0.25) is 4.79 Å². The molecule has 1 aliphatic carbocycles. The third kappa shape index (κ3) is 3.25. The minimum absolute atomic E-state index is 0.181. The molecule has 3 atom stereocenters. The van der Waals surface area contributed by atoms with Gasteiger partial charge in [0.1, 0.15) is 16.2 Å². The van der Waals surface area contributed by atoms with Gasteiger partial charge in [0.15, 0.2) is 22.9 Å². The summed E-state index contributed by atoms with van der Waals surface area (Å²) >= 11 is 1.57. The van der Waals surface area contributed by atoms with Crippen molar-refractivity contribution in [1.29, 1.82) is 0 Å². The van der Waals surface area contributed by atoms with Crippen LogP contribution in [-0.4, -0.2) is 68.1 Å². The predicted molar refractivity (Wildman–Crippen MR) is 128 cm³/mol. The number of nitrogens with zero attached hydrogens (tertiary/aromatic N) is 6. The van der Waals surface area contributed by atoms with Crippen LogP contribution in [0.4, 0.5) is 0 Å². The van der Waals surface area contributed by atoms with E-state index in [4.69, 9.17) is 24.3 Å². The maximum Gasteiger partial charge on any atom is 0.185 e. The van der Waals surface area contributed by atoms with E-state index in [-0.39, 0.29) is 11.8 Å². The van der Waals surface area contributed by atoms with Gasteiger partial charge in [0.05, 0.1) is 36.4 Å². The summed E-state index contributed by atoms with van der Waals surface area (Å²) in [5.41, 5.74) is 1.47. The topological polar surface area (TPSA) is 99.2 Å². The Labute approximate surface area is 202 Å². The van der Waals surface area contributed by atoms with E-state index in [0.717, 1.165) is 53.9 Å². The molecule has 5 heterocycles. The molecule has 2 fully saturated rings. The summed E-state index contributed by atoms with van der Waals surface area (Å²) in [5.74, 6) is 1.35. The Morgan fingerprint density at radius 2 is 2.15 bits per heavy atom. The standard InChI is InChI=1S/C24H30N6O3S/c1-14(17-7-6-10-29(17)2)30-22-15(11-25-30)23(34-3)27-21(26-22)19-16-12-32-13-24(20(16)33-28-19)9-5-4-8-18(24)31/h11,14,17H,4-10,12-13H2,1-3H3/t14-,17-,24?/m0/s1. The van der Waals surface area contributed by atoms with Crippen LogP contribution in [0, 0.1) is 0 Å². The second kappa shape index (κ2) is 8.42. The lowest BCUT2D eigenvalue weighted by Crippen LogP contribution is -2.45. The molecule has 1 saturated carbocycles. The minimum atomic E-state index is -0.715. The van der Waals surface area contributed by atoms with E-state index >= 15 is 0 Å². The largest absolute Gasteiger partial charge is 0.375 e. The highest BCUT2D eigenvalue weighted by Gasteiger charge is 2.49. The summed E-state index contributed by atoms with van der Waals surface area (Å²) in [6.07, 6.45) is 9.43. The molecule has 34 heavy (non-hydrogen) atoms. The van der Waals surface area contributed by atoms with Crippen molar-refractivity contribution in [1.82, 2.24) is 29.8 Å². The lowest BCUT2D eigenvalue weighted by atomic mass is 9.70. The number of hydrogen-bond acceptors (Lipinski definition) is 9. The van der Waals surface area contributed by atoms with E-state index in [1.54, 1.807) is 11.8 Å². The molecule has 3 aliphatic rings. The minimum Gasteiger partial charge on any atom is -0.375 e. The molecule has 0 radical (unpaired) electrons. The number of aromatic nitrogens is 5. The van der Waals surface area contributed by atoms with Gasteiger partial charge in [0, 0.05) is 12.5 Å². The molecule has 0 aromatic carbocycles. The van der Waals surface area contributed by atoms with Crippen LogP contribution in [0.1, 0.15) is 62.8 Å². The van der Waals surface area contributed by atoms with Crippen LogP contribution in [0.3, 0.4) is 0 Å². The van der Waals surface area contributed by atoms with Crippen molar-refractivity contribution in [3.8, 4) is 11.5 Å². The number of likely N-dealkylation sites (tertiary alicyclic amines) is 1. The molecule has 1 unspecified atom stereocenters. The van der Waals surface area contributed by atoms with Crippen LogP contribution in [0.2, 0.25) is 0 Å². The molecule has 1 spiro atoms. The smallest absolute Gasteiger partial charge is 0.185 e. The zero-order valence-corrected chi connectivity index (χ0v) is 20.7. The zero-order valence-electron chi connectivity index (χ0n) is 19.9. The van der Waals surface area contributed by atoms with Crippen molar-refractivity contribution in [3.63, 3.8) is 0 Å². The molecular formula is C24H30N6O3S. The zero-order chi connectivity index (χ0) is 23.4. The molecule has 1 saturated heterocycles. The number of ether oxygens (including phenoxy) is 1. The number of fused-ring (bicyclic) bond motifs is 3. The Hall–Kier alpha value is -2.30. The van der Waals surface area contributed by atoms with Crippen molar-refractivity contribution in [2.45, 2.75) is 74.6 Å². The fourth-order valence-electron chi connectivity index (χ4n) is 6.04. The van der Waals surface area contributed by atoms with Crippen molar-refractivity contribution >= 4 is 28.6 Å². The molecular weight excluding hydrogens is 452 g/mol. The fourth-order valence-corrected chi connectivity index (χ4v) is 6.58. The molecule has 3 aromatic rings.